The normalized spacial score (nSPS) is 18.0. The smallest absolute Gasteiger partial charge is 0.270 e. The van der Waals surface area contributed by atoms with Crippen LogP contribution in [0.2, 0.25) is 0 Å². The number of fused-ring (bicyclic) bond motifs is 2. The van der Waals surface area contributed by atoms with Gasteiger partial charge in [-0.1, -0.05) is 12.1 Å². The highest BCUT2D eigenvalue weighted by molar-refractivity contribution is 5.92. The van der Waals surface area contributed by atoms with Crippen molar-refractivity contribution >= 4 is 17.2 Å². The maximum atomic E-state index is 12.9. The number of carbonyl (C=O) groups is 1. The van der Waals surface area contributed by atoms with Gasteiger partial charge in [0.05, 0.1) is 12.2 Å². The fraction of sp³-hybridized carbons (Fsp3) is 0.304. The van der Waals surface area contributed by atoms with E-state index in [1.807, 2.05) is 28.9 Å². The first-order valence-corrected chi connectivity index (χ1v) is 10.6. The summed E-state index contributed by atoms with van der Waals surface area (Å²) in [7, 11) is 0. The minimum Gasteiger partial charge on any atom is -0.345 e. The van der Waals surface area contributed by atoms with Crippen LogP contribution >= 0.6 is 0 Å². The summed E-state index contributed by atoms with van der Waals surface area (Å²) in [4.78, 5) is 33.5. The Hall–Kier alpha value is -3.59. The number of pyridine rings is 2. The molecule has 2 N–H and O–H groups in total. The van der Waals surface area contributed by atoms with E-state index in [9.17, 15) is 14.0 Å². The van der Waals surface area contributed by atoms with Crippen molar-refractivity contribution in [1.82, 2.24) is 29.4 Å². The van der Waals surface area contributed by atoms with Crippen molar-refractivity contribution in [1.29, 1.82) is 0 Å². The molecule has 1 amide bonds. The number of halogens is 1. The molecule has 1 aliphatic carbocycles. The lowest BCUT2D eigenvalue weighted by Gasteiger charge is -2.29. The second-order valence-electron chi connectivity index (χ2n) is 8.19. The van der Waals surface area contributed by atoms with Gasteiger partial charge in [0.1, 0.15) is 23.2 Å². The van der Waals surface area contributed by atoms with Gasteiger partial charge in [-0.25, -0.2) is 14.4 Å². The van der Waals surface area contributed by atoms with Crippen molar-refractivity contribution in [2.75, 3.05) is 6.54 Å². The molecule has 1 saturated carbocycles. The number of hydrogen-bond acceptors (Lipinski definition) is 5. The summed E-state index contributed by atoms with van der Waals surface area (Å²) >= 11 is 0. The summed E-state index contributed by atoms with van der Waals surface area (Å²) in [6.45, 7) is 1.75. The maximum absolute atomic E-state index is 12.9. The standard InChI is InChI=1S/C23H23FN6O2/c24-17-7-16(8-17)11-25-10-15-4-5-20-27-18(14-29(20)13-15)12-26-23(32)19-9-22(31)30-6-2-1-3-21(30)28-19/h1-6,9,13-14,16-17,25H,7-8,10-12H2,(H,26,32). The molecule has 164 valence electrons. The third-order valence-electron chi connectivity index (χ3n) is 5.74. The van der Waals surface area contributed by atoms with Crippen LogP contribution in [-0.4, -0.2) is 37.4 Å². The lowest BCUT2D eigenvalue weighted by Crippen LogP contribution is -2.33. The van der Waals surface area contributed by atoms with Gasteiger partial charge in [-0.2, -0.15) is 0 Å². The van der Waals surface area contributed by atoms with Crippen molar-refractivity contribution < 1.29 is 9.18 Å². The molecule has 0 aromatic carbocycles. The van der Waals surface area contributed by atoms with Gasteiger partial charge < -0.3 is 15.0 Å². The molecule has 1 fully saturated rings. The average molecular weight is 434 g/mol. The number of alkyl halides is 1. The third-order valence-corrected chi connectivity index (χ3v) is 5.74. The van der Waals surface area contributed by atoms with Crippen LogP contribution in [0.25, 0.3) is 11.3 Å². The predicted molar refractivity (Wildman–Crippen MR) is 117 cm³/mol. The highest BCUT2D eigenvalue weighted by Gasteiger charge is 2.28. The van der Waals surface area contributed by atoms with Gasteiger partial charge in [0.15, 0.2) is 0 Å². The molecular formula is C23H23FN6O2. The lowest BCUT2D eigenvalue weighted by atomic mass is 9.83. The number of nitrogens with zero attached hydrogens (tertiary/aromatic N) is 4. The molecule has 1 aliphatic rings. The third kappa shape index (κ3) is 4.24. The van der Waals surface area contributed by atoms with E-state index < -0.39 is 12.1 Å². The van der Waals surface area contributed by atoms with Gasteiger partial charge in [0, 0.05) is 31.2 Å². The van der Waals surface area contributed by atoms with Gasteiger partial charge in [-0.05, 0) is 49.1 Å². The van der Waals surface area contributed by atoms with E-state index in [1.54, 1.807) is 24.4 Å². The molecule has 5 rings (SSSR count). The molecule has 9 heteroatoms. The number of aromatic nitrogens is 4. The Morgan fingerprint density at radius 2 is 1.97 bits per heavy atom. The summed E-state index contributed by atoms with van der Waals surface area (Å²) < 4.78 is 16.2. The van der Waals surface area contributed by atoms with Crippen LogP contribution < -0.4 is 16.2 Å². The van der Waals surface area contributed by atoms with Crippen LogP contribution in [0.3, 0.4) is 0 Å². The molecule has 0 unspecified atom stereocenters. The van der Waals surface area contributed by atoms with E-state index in [0.717, 1.165) is 17.8 Å². The molecule has 4 aromatic rings. The predicted octanol–water partition coefficient (Wildman–Crippen LogP) is 2.11. The number of amides is 1. The van der Waals surface area contributed by atoms with Crippen molar-refractivity contribution in [3.63, 3.8) is 0 Å². The van der Waals surface area contributed by atoms with Crippen molar-refractivity contribution in [2.45, 2.75) is 32.1 Å². The number of rotatable bonds is 7. The van der Waals surface area contributed by atoms with Gasteiger partial charge >= 0.3 is 0 Å². The topological polar surface area (TPSA) is 92.8 Å². The number of hydrogen-bond donors (Lipinski definition) is 2. The highest BCUT2D eigenvalue weighted by atomic mass is 19.1. The Bertz CT molecular complexity index is 1340. The SMILES string of the molecule is O=C(NCc1cn2cc(CNCC3CC(F)C3)ccc2n1)c1cc(=O)n2ccccc2n1. The monoisotopic (exact) mass is 434 g/mol. The molecule has 0 saturated heterocycles. The lowest BCUT2D eigenvalue weighted by molar-refractivity contribution is 0.0945. The highest BCUT2D eigenvalue weighted by Crippen LogP contribution is 2.29. The van der Waals surface area contributed by atoms with Crippen molar-refractivity contribution in [2.24, 2.45) is 5.92 Å². The average Bonchev–Trinajstić information content (AvgIpc) is 3.18. The minimum absolute atomic E-state index is 0.0730. The first-order valence-electron chi connectivity index (χ1n) is 10.6. The van der Waals surface area contributed by atoms with Gasteiger partial charge in [-0.15, -0.1) is 0 Å². The minimum atomic E-state index is -0.624. The first-order chi connectivity index (χ1) is 15.5. The second-order valence-corrected chi connectivity index (χ2v) is 8.19. The first kappa shape index (κ1) is 20.3. The Labute approximate surface area is 183 Å². The molecule has 0 aliphatic heterocycles. The summed E-state index contributed by atoms with van der Waals surface area (Å²) in [5.74, 6) is 0.00693. The van der Waals surface area contributed by atoms with Crippen LogP contribution in [0.1, 0.15) is 34.6 Å². The van der Waals surface area contributed by atoms with Gasteiger partial charge in [0.25, 0.3) is 11.5 Å². The molecule has 0 bridgehead atoms. The van der Waals surface area contributed by atoms with Crippen LogP contribution in [0.4, 0.5) is 4.39 Å². The largest absolute Gasteiger partial charge is 0.345 e. The van der Waals surface area contributed by atoms with E-state index in [-0.39, 0.29) is 17.8 Å². The Balaban J connectivity index is 1.21. The molecule has 4 aromatic heterocycles. The Kier molecular flexibility index (Phi) is 5.40. The van der Waals surface area contributed by atoms with Crippen molar-refractivity contribution in [3.05, 3.63) is 82.3 Å². The Morgan fingerprint density at radius 1 is 1.09 bits per heavy atom. The van der Waals surface area contributed by atoms with Crippen LogP contribution in [0, 0.1) is 5.92 Å². The number of nitrogens with one attached hydrogen (secondary N) is 2. The van der Waals surface area contributed by atoms with Crippen LogP contribution in [0.15, 0.2) is 59.8 Å². The number of carbonyl (C=O) groups excluding carboxylic acids is 1. The van der Waals surface area contributed by atoms with Crippen LogP contribution in [0.5, 0.6) is 0 Å². The Morgan fingerprint density at radius 3 is 2.81 bits per heavy atom. The molecular weight excluding hydrogens is 411 g/mol. The molecule has 0 atom stereocenters. The summed E-state index contributed by atoms with van der Waals surface area (Å²) in [5, 5.41) is 6.16. The summed E-state index contributed by atoms with van der Waals surface area (Å²) in [5.41, 5.74) is 2.76. The zero-order valence-electron chi connectivity index (χ0n) is 17.4. The number of imidazole rings is 1. The maximum Gasteiger partial charge on any atom is 0.270 e. The molecule has 0 spiro atoms. The quantitative estimate of drug-likeness (QED) is 0.465. The fourth-order valence-electron chi connectivity index (χ4n) is 3.95. The van der Waals surface area contributed by atoms with E-state index in [4.69, 9.17) is 0 Å². The van der Waals surface area contributed by atoms with E-state index in [0.29, 0.717) is 36.6 Å². The zero-order valence-corrected chi connectivity index (χ0v) is 17.4. The summed E-state index contributed by atoms with van der Waals surface area (Å²) in [6, 6.07) is 10.3. The molecule has 32 heavy (non-hydrogen) atoms. The molecule has 8 nitrogen and oxygen atoms in total. The van der Waals surface area contributed by atoms with Crippen molar-refractivity contribution in [3.8, 4) is 0 Å². The van der Waals surface area contributed by atoms with Gasteiger partial charge in [-0.3, -0.25) is 14.0 Å². The fourth-order valence-corrected chi connectivity index (χ4v) is 3.95. The second kappa shape index (κ2) is 8.51. The summed E-state index contributed by atoms with van der Waals surface area (Å²) in [6.07, 6.45) is 6.16. The zero-order chi connectivity index (χ0) is 22.1. The van der Waals surface area contributed by atoms with E-state index in [1.165, 1.54) is 10.5 Å². The molecule has 0 radical (unpaired) electrons. The van der Waals surface area contributed by atoms with E-state index in [2.05, 4.69) is 20.6 Å². The van der Waals surface area contributed by atoms with Gasteiger partial charge in [0.2, 0.25) is 0 Å². The molecule has 4 heterocycles. The van der Waals surface area contributed by atoms with E-state index >= 15 is 0 Å². The van der Waals surface area contributed by atoms with Crippen LogP contribution in [-0.2, 0) is 13.1 Å².